The predicted octanol–water partition coefficient (Wildman–Crippen LogP) is 2.46. The maximum absolute atomic E-state index is 12.9. The number of para-hydroxylation sites is 1. The Kier molecular flexibility index (Phi) is 6.26. The van der Waals surface area contributed by atoms with Crippen LogP contribution in [0.1, 0.15) is 18.7 Å². The van der Waals surface area contributed by atoms with Crippen LogP contribution in [-0.4, -0.2) is 52.6 Å². The van der Waals surface area contributed by atoms with Crippen molar-refractivity contribution >= 4 is 11.8 Å². The van der Waals surface area contributed by atoms with Gasteiger partial charge < -0.3 is 19.5 Å². The number of carbonyl (C=O) groups is 2. The smallest absolute Gasteiger partial charge is 0.242 e. The van der Waals surface area contributed by atoms with Crippen LogP contribution in [0.5, 0.6) is 5.75 Å². The number of aryl methyl sites for hydroxylation is 1. The molecule has 31 heavy (non-hydrogen) atoms. The van der Waals surface area contributed by atoms with Gasteiger partial charge in [0.1, 0.15) is 17.9 Å². The first-order valence-electron chi connectivity index (χ1n) is 10.2. The highest BCUT2D eigenvalue weighted by Crippen LogP contribution is 2.24. The summed E-state index contributed by atoms with van der Waals surface area (Å²) in [5.74, 6) is 1.25. The Balaban J connectivity index is 1.39. The molecule has 0 unspecified atom stereocenters. The monoisotopic (exact) mass is 420 g/mol. The van der Waals surface area contributed by atoms with E-state index in [1.807, 2.05) is 60.7 Å². The summed E-state index contributed by atoms with van der Waals surface area (Å²) in [6, 6.07) is 18.3. The standard InChI is InChI=1S/C23H24N4O4/c1-24-23(29)19-14-18(30-17-10-6-3-7-11-17)15-27(19)21(28)13-12-20-25-22(26-31-20)16-8-4-2-5-9-16/h2-11,18-19H,12-15H2,1H3,(H,24,29)/t18-,19-/m0/s1. The lowest BCUT2D eigenvalue weighted by Gasteiger charge is -2.22. The number of likely N-dealkylation sites (tertiary alicyclic amines) is 1. The summed E-state index contributed by atoms with van der Waals surface area (Å²) in [4.78, 5) is 31.2. The lowest BCUT2D eigenvalue weighted by molar-refractivity contribution is -0.138. The van der Waals surface area contributed by atoms with Gasteiger partial charge in [-0.1, -0.05) is 53.7 Å². The zero-order valence-corrected chi connectivity index (χ0v) is 17.2. The van der Waals surface area contributed by atoms with E-state index in [4.69, 9.17) is 9.26 Å². The molecule has 4 rings (SSSR count). The van der Waals surface area contributed by atoms with E-state index >= 15 is 0 Å². The molecule has 1 N–H and O–H groups in total. The minimum Gasteiger partial charge on any atom is -0.488 e. The Bertz CT molecular complexity index is 1020. The van der Waals surface area contributed by atoms with Gasteiger partial charge in [-0.3, -0.25) is 9.59 Å². The molecule has 1 saturated heterocycles. The van der Waals surface area contributed by atoms with Crippen LogP contribution in [0, 0.1) is 0 Å². The van der Waals surface area contributed by atoms with E-state index in [0.29, 0.717) is 31.1 Å². The number of amides is 2. The average Bonchev–Trinajstić information content (AvgIpc) is 3.46. The van der Waals surface area contributed by atoms with Gasteiger partial charge >= 0.3 is 0 Å². The Morgan fingerprint density at radius 3 is 2.55 bits per heavy atom. The fourth-order valence-electron chi connectivity index (χ4n) is 3.68. The molecule has 2 heterocycles. The molecule has 2 aromatic carbocycles. The third kappa shape index (κ3) is 4.91. The second-order valence-electron chi connectivity index (χ2n) is 7.34. The molecule has 0 bridgehead atoms. The quantitative estimate of drug-likeness (QED) is 0.631. The number of ether oxygens (including phenoxy) is 1. The summed E-state index contributed by atoms with van der Waals surface area (Å²) in [7, 11) is 1.57. The zero-order chi connectivity index (χ0) is 21.6. The van der Waals surface area contributed by atoms with Crippen molar-refractivity contribution in [2.75, 3.05) is 13.6 Å². The summed E-state index contributed by atoms with van der Waals surface area (Å²) in [6.45, 7) is 0.352. The molecule has 1 aliphatic heterocycles. The van der Waals surface area contributed by atoms with Crippen LogP contribution in [0.3, 0.4) is 0 Å². The van der Waals surface area contributed by atoms with Crippen LogP contribution < -0.4 is 10.1 Å². The van der Waals surface area contributed by atoms with Gasteiger partial charge in [-0.25, -0.2) is 0 Å². The number of carbonyl (C=O) groups excluding carboxylic acids is 2. The summed E-state index contributed by atoms with van der Waals surface area (Å²) in [5, 5.41) is 6.62. The molecule has 0 saturated carbocycles. The Morgan fingerprint density at radius 1 is 1.13 bits per heavy atom. The molecule has 8 nitrogen and oxygen atoms in total. The van der Waals surface area contributed by atoms with Crippen LogP contribution in [0.4, 0.5) is 0 Å². The number of nitrogens with one attached hydrogen (secondary N) is 1. The van der Waals surface area contributed by atoms with Crippen molar-refractivity contribution in [3.8, 4) is 17.1 Å². The highest BCUT2D eigenvalue weighted by molar-refractivity contribution is 5.88. The van der Waals surface area contributed by atoms with Crippen LogP contribution in [0.25, 0.3) is 11.4 Å². The second kappa shape index (κ2) is 9.42. The third-order valence-corrected chi connectivity index (χ3v) is 5.23. The van der Waals surface area contributed by atoms with Gasteiger partial charge in [0.15, 0.2) is 0 Å². The van der Waals surface area contributed by atoms with Gasteiger partial charge in [-0.15, -0.1) is 0 Å². The van der Waals surface area contributed by atoms with E-state index in [0.717, 1.165) is 11.3 Å². The Labute approximate surface area is 180 Å². The number of hydrogen-bond acceptors (Lipinski definition) is 6. The van der Waals surface area contributed by atoms with E-state index in [2.05, 4.69) is 15.5 Å². The van der Waals surface area contributed by atoms with Crippen LogP contribution in [0.15, 0.2) is 65.2 Å². The summed E-state index contributed by atoms with van der Waals surface area (Å²) < 4.78 is 11.3. The number of benzene rings is 2. The van der Waals surface area contributed by atoms with Gasteiger partial charge in [-0.2, -0.15) is 4.98 Å². The van der Waals surface area contributed by atoms with Crippen LogP contribution in [-0.2, 0) is 16.0 Å². The molecule has 8 heteroatoms. The number of aromatic nitrogens is 2. The highest BCUT2D eigenvalue weighted by atomic mass is 16.5. The maximum atomic E-state index is 12.9. The molecule has 2 amide bonds. The maximum Gasteiger partial charge on any atom is 0.242 e. The molecule has 1 fully saturated rings. The molecule has 1 aromatic heterocycles. The summed E-state index contributed by atoms with van der Waals surface area (Å²) in [5.41, 5.74) is 0.851. The van der Waals surface area contributed by atoms with Crippen LogP contribution >= 0.6 is 0 Å². The largest absolute Gasteiger partial charge is 0.488 e. The first kappa shape index (κ1) is 20.6. The third-order valence-electron chi connectivity index (χ3n) is 5.23. The van der Waals surface area contributed by atoms with Crippen molar-refractivity contribution in [3.63, 3.8) is 0 Å². The first-order chi connectivity index (χ1) is 15.1. The van der Waals surface area contributed by atoms with Crippen molar-refractivity contribution in [1.29, 1.82) is 0 Å². The van der Waals surface area contributed by atoms with Crippen molar-refractivity contribution < 1.29 is 18.8 Å². The highest BCUT2D eigenvalue weighted by Gasteiger charge is 2.40. The minimum atomic E-state index is -0.561. The molecular weight excluding hydrogens is 396 g/mol. The number of nitrogens with zero attached hydrogens (tertiary/aromatic N) is 3. The second-order valence-corrected chi connectivity index (χ2v) is 7.34. The predicted molar refractivity (Wildman–Crippen MR) is 113 cm³/mol. The number of rotatable bonds is 7. The Hall–Kier alpha value is -3.68. The van der Waals surface area contributed by atoms with Gasteiger partial charge in [0, 0.05) is 31.9 Å². The van der Waals surface area contributed by atoms with Crippen molar-refractivity contribution in [2.24, 2.45) is 0 Å². The average molecular weight is 420 g/mol. The minimum absolute atomic E-state index is 0.146. The van der Waals surface area contributed by atoms with Gasteiger partial charge in [0.25, 0.3) is 0 Å². The Morgan fingerprint density at radius 2 is 1.84 bits per heavy atom. The topological polar surface area (TPSA) is 97.6 Å². The molecular formula is C23H24N4O4. The molecule has 0 aliphatic carbocycles. The van der Waals surface area contributed by atoms with E-state index in [1.54, 1.807) is 11.9 Å². The SMILES string of the molecule is CNC(=O)[C@@H]1C[C@H](Oc2ccccc2)CN1C(=O)CCc1nc(-c2ccccc2)no1. The van der Waals surface area contributed by atoms with E-state index in [9.17, 15) is 9.59 Å². The van der Waals surface area contributed by atoms with Crippen LogP contribution in [0.2, 0.25) is 0 Å². The molecule has 0 spiro atoms. The van der Waals surface area contributed by atoms with Crippen molar-refractivity contribution in [3.05, 3.63) is 66.6 Å². The summed E-state index contributed by atoms with van der Waals surface area (Å²) in [6.07, 6.45) is 0.669. The van der Waals surface area contributed by atoms with Gasteiger partial charge in [-0.05, 0) is 12.1 Å². The van der Waals surface area contributed by atoms with E-state index in [-0.39, 0.29) is 24.3 Å². The fraction of sp³-hybridized carbons (Fsp3) is 0.304. The molecule has 3 aromatic rings. The molecule has 0 radical (unpaired) electrons. The summed E-state index contributed by atoms with van der Waals surface area (Å²) >= 11 is 0. The molecule has 2 atom stereocenters. The zero-order valence-electron chi connectivity index (χ0n) is 17.2. The fourth-order valence-corrected chi connectivity index (χ4v) is 3.68. The number of hydrogen-bond donors (Lipinski definition) is 1. The van der Waals surface area contributed by atoms with E-state index in [1.165, 1.54) is 0 Å². The molecule has 1 aliphatic rings. The normalized spacial score (nSPS) is 18.0. The van der Waals surface area contributed by atoms with Gasteiger partial charge in [0.2, 0.25) is 23.5 Å². The first-order valence-corrected chi connectivity index (χ1v) is 10.2. The van der Waals surface area contributed by atoms with Gasteiger partial charge in [0.05, 0.1) is 6.54 Å². The number of likely N-dealkylation sites (N-methyl/N-ethyl adjacent to an activating group) is 1. The van der Waals surface area contributed by atoms with E-state index < -0.39 is 6.04 Å². The van der Waals surface area contributed by atoms with Crippen molar-refractivity contribution in [1.82, 2.24) is 20.4 Å². The lowest BCUT2D eigenvalue weighted by atomic mass is 10.1. The molecule has 160 valence electrons. The lowest BCUT2D eigenvalue weighted by Crippen LogP contribution is -2.45. The van der Waals surface area contributed by atoms with Crippen molar-refractivity contribution in [2.45, 2.75) is 31.4 Å².